The van der Waals surface area contributed by atoms with Crippen LogP contribution in [0.25, 0.3) is 0 Å². The molecule has 0 amide bonds. The molecule has 236 valence electrons. The van der Waals surface area contributed by atoms with E-state index in [1.54, 1.807) is 6.07 Å². The first-order valence-corrected chi connectivity index (χ1v) is 18.0. The predicted molar refractivity (Wildman–Crippen MR) is 181 cm³/mol. The maximum absolute atomic E-state index is 12.9. The van der Waals surface area contributed by atoms with Crippen molar-refractivity contribution in [3.05, 3.63) is 64.7 Å². The Morgan fingerprint density at radius 3 is 1.86 bits per heavy atom. The molecule has 0 unspecified atom stereocenters. The zero-order chi connectivity index (χ0) is 30.5. The lowest BCUT2D eigenvalue weighted by molar-refractivity contribution is 0.0734. The quantitative estimate of drug-likeness (QED) is 0.0831. The van der Waals surface area contributed by atoms with Gasteiger partial charge in [-0.3, -0.25) is 0 Å². The summed E-state index contributed by atoms with van der Waals surface area (Å²) in [6, 6.07) is 15.9. The molecule has 0 aromatic heterocycles. The van der Waals surface area contributed by atoms with Crippen molar-refractivity contribution in [2.45, 2.75) is 161 Å². The summed E-state index contributed by atoms with van der Waals surface area (Å²) >= 11 is 0. The van der Waals surface area contributed by atoms with Crippen LogP contribution < -0.4 is 4.74 Å². The van der Waals surface area contributed by atoms with Gasteiger partial charge in [0.05, 0.1) is 11.1 Å². The highest BCUT2D eigenvalue weighted by Gasteiger charge is 2.22. The molecule has 0 spiro atoms. The third-order valence-corrected chi connectivity index (χ3v) is 9.62. The molecule has 43 heavy (non-hydrogen) atoms. The first-order chi connectivity index (χ1) is 21.1. The van der Waals surface area contributed by atoms with Crippen LogP contribution in [0.15, 0.2) is 42.5 Å². The molecular formula is C40H59NO2. The van der Waals surface area contributed by atoms with E-state index in [1.165, 1.54) is 134 Å². The number of carbonyl (C=O) groups is 1. The second-order valence-corrected chi connectivity index (χ2v) is 13.2. The molecule has 0 heterocycles. The van der Waals surface area contributed by atoms with E-state index >= 15 is 0 Å². The summed E-state index contributed by atoms with van der Waals surface area (Å²) in [7, 11) is 0. The molecule has 3 rings (SSSR count). The molecular weight excluding hydrogens is 526 g/mol. The van der Waals surface area contributed by atoms with Crippen molar-refractivity contribution < 1.29 is 9.53 Å². The fourth-order valence-electron chi connectivity index (χ4n) is 6.77. The molecule has 0 atom stereocenters. The highest BCUT2D eigenvalue weighted by molar-refractivity contribution is 5.91. The summed E-state index contributed by atoms with van der Waals surface area (Å²) in [5, 5.41) is 9.70. The van der Waals surface area contributed by atoms with Gasteiger partial charge in [0.25, 0.3) is 0 Å². The van der Waals surface area contributed by atoms with Crippen molar-refractivity contribution >= 4 is 5.97 Å². The van der Waals surface area contributed by atoms with Crippen LogP contribution in [0.4, 0.5) is 0 Å². The lowest BCUT2D eigenvalue weighted by atomic mass is 9.77. The van der Waals surface area contributed by atoms with Crippen molar-refractivity contribution in [3.63, 3.8) is 0 Å². The number of unbranched alkanes of at least 4 members (excludes halogenated alkanes) is 14. The summed E-state index contributed by atoms with van der Waals surface area (Å²) in [4.78, 5) is 12.9. The Balaban J connectivity index is 1.37. The van der Waals surface area contributed by atoms with Crippen LogP contribution in [0.5, 0.6) is 5.75 Å². The predicted octanol–water partition coefficient (Wildman–Crippen LogP) is 12.3. The van der Waals surface area contributed by atoms with E-state index in [0.717, 1.165) is 24.3 Å². The van der Waals surface area contributed by atoms with Crippen molar-refractivity contribution in [1.29, 1.82) is 5.26 Å². The number of ether oxygens (including phenoxy) is 1. The van der Waals surface area contributed by atoms with Gasteiger partial charge in [-0.15, -0.1) is 0 Å². The van der Waals surface area contributed by atoms with Gasteiger partial charge < -0.3 is 4.74 Å². The second-order valence-electron chi connectivity index (χ2n) is 13.2. The SMILES string of the molecule is CCCCCCCCCCc1ccc(OC(=O)c2ccc(C3CCC(CCCCCCCCCC)CC3)cc2)c(C#N)c1. The summed E-state index contributed by atoms with van der Waals surface area (Å²) in [5.74, 6) is 1.45. The summed E-state index contributed by atoms with van der Waals surface area (Å²) in [6.07, 6.45) is 29.0. The maximum Gasteiger partial charge on any atom is 0.343 e. The Bertz CT molecular complexity index is 1070. The van der Waals surface area contributed by atoms with E-state index in [2.05, 4.69) is 32.0 Å². The lowest BCUT2D eigenvalue weighted by Gasteiger charge is -2.29. The van der Waals surface area contributed by atoms with Crippen molar-refractivity contribution in [1.82, 2.24) is 0 Å². The van der Waals surface area contributed by atoms with Crippen molar-refractivity contribution in [3.8, 4) is 11.8 Å². The van der Waals surface area contributed by atoms with Gasteiger partial charge in [-0.05, 0) is 85.8 Å². The Kier molecular flexibility index (Phi) is 17.2. The smallest absolute Gasteiger partial charge is 0.343 e. The third-order valence-electron chi connectivity index (χ3n) is 9.62. The molecule has 0 radical (unpaired) electrons. The summed E-state index contributed by atoms with van der Waals surface area (Å²) < 4.78 is 5.68. The summed E-state index contributed by atoms with van der Waals surface area (Å²) in [6.45, 7) is 4.54. The molecule has 0 saturated heterocycles. The topological polar surface area (TPSA) is 50.1 Å². The molecule has 0 N–H and O–H groups in total. The van der Waals surface area contributed by atoms with Crippen LogP contribution in [0.3, 0.4) is 0 Å². The highest BCUT2D eigenvalue weighted by Crippen LogP contribution is 2.38. The first-order valence-electron chi connectivity index (χ1n) is 18.0. The number of carbonyl (C=O) groups excluding carboxylic acids is 1. The van der Waals surface area contributed by atoms with E-state index in [1.807, 2.05) is 24.3 Å². The molecule has 3 nitrogen and oxygen atoms in total. The molecule has 1 aliphatic rings. The number of aryl methyl sites for hydroxylation is 1. The van der Waals surface area contributed by atoms with Gasteiger partial charge in [0.1, 0.15) is 11.8 Å². The molecule has 1 fully saturated rings. The van der Waals surface area contributed by atoms with Crippen LogP contribution in [0.2, 0.25) is 0 Å². The fourth-order valence-corrected chi connectivity index (χ4v) is 6.77. The molecule has 1 aliphatic carbocycles. The minimum atomic E-state index is -0.395. The minimum absolute atomic E-state index is 0.353. The molecule has 0 aliphatic heterocycles. The standard InChI is InChI=1S/C40H59NO2/c1-3-5-7-9-11-13-15-17-19-33-21-24-35(25-22-33)36-26-28-37(29-27-36)40(42)43-39-30-23-34(31-38(39)32-41)20-18-16-14-12-10-8-6-4-2/h23,26-31,33,35H,3-22,24-25H2,1-2H3. The minimum Gasteiger partial charge on any atom is -0.422 e. The second kappa shape index (κ2) is 21.2. The molecule has 2 aromatic rings. The van der Waals surface area contributed by atoms with Gasteiger partial charge in [0, 0.05) is 0 Å². The number of esters is 1. The van der Waals surface area contributed by atoms with Gasteiger partial charge in [-0.2, -0.15) is 5.26 Å². The first kappa shape index (κ1) is 34.9. The number of nitriles is 1. The monoisotopic (exact) mass is 585 g/mol. The van der Waals surface area contributed by atoms with Crippen LogP contribution in [-0.2, 0) is 6.42 Å². The number of hydrogen-bond donors (Lipinski definition) is 0. The maximum atomic E-state index is 12.9. The molecule has 1 saturated carbocycles. The number of benzene rings is 2. The highest BCUT2D eigenvalue weighted by atomic mass is 16.5. The van der Waals surface area contributed by atoms with E-state index in [4.69, 9.17) is 4.74 Å². The lowest BCUT2D eigenvalue weighted by Crippen LogP contribution is -2.14. The Hall–Kier alpha value is -2.60. The Morgan fingerprint density at radius 1 is 0.721 bits per heavy atom. The van der Waals surface area contributed by atoms with Gasteiger partial charge in [0.15, 0.2) is 0 Å². The van der Waals surface area contributed by atoms with E-state index in [0.29, 0.717) is 22.8 Å². The van der Waals surface area contributed by atoms with Gasteiger partial charge in [0.2, 0.25) is 0 Å². The molecule has 0 bridgehead atoms. The number of hydrogen-bond acceptors (Lipinski definition) is 3. The number of rotatable bonds is 21. The zero-order valence-electron chi connectivity index (χ0n) is 27.5. The number of nitrogens with zero attached hydrogens (tertiary/aromatic N) is 1. The van der Waals surface area contributed by atoms with Crippen molar-refractivity contribution in [2.24, 2.45) is 5.92 Å². The Morgan fingerprint density at radius 2 is 1.28 bits per heavy atom. The van der Waals surface area contributed by atoms with Crippen LogP contribution in [0, 0.1) is 17.2 Å². The largest absolute Gasteiger partial charge is 0.422 e. The van der Waals surface area contributed by atoms with Crippen molar-refractivity contribution in [2.75, 3.05) is 0 Å². The van der Waals surface area contributed by atoms with Gasteiger partial charge >= 0.3 is 5.97 Å². The average Bonchev–Trinajstić information content (AvgIpc) is 3.04. The third kappa shape index (κ3) is 13.3. The molecule has 2 aromatic carbocycles. The zero-order valence-corrected chi connectivity index (χ0v) is 27.5. The van der Waals surface area contributed by atoms with E-state index < -0.39 is 5.97 Å². The van der Waals surface area contributed by atoms with Crippen LogP contribution in [0.1, 0.15) is 182 Å². The van der Waals surface area contributed by atoms with Crippen LogP contribution >= 0.6 is 0 Å². The van der Waals surface area contributed by atoms with Gasteiger partial charge in [-0.1, -0.05) is 135 Å². The Labute approximate surface area is 263 Å². The van der Waals surface area contributed by atoms with Gasteiger partial charge in [-0.25, -0.2) is 4.79 Å². The van der Waals surface area contributed by atoms with Crippen LogP contribution in [-0.4, -0.2) is 5.97 Å². The van der Waals surface area contributed by atoms with E-state index in [9.17, 15) is 10.1 Å². The molecule has 3 heteroatoms. The fraction of sp³-hybridized carbons (Fsp3) is 0.650. The summed E-state index contributed by atoms with van der Waals surface area (Å²) in [5.41, 5.74) is 3.45. The average molecular weight is 586 g/mol. The van der Waals surface area contributed by atoms with E-state index in [-0.39, 0.29) is 0 Å². The normalized spacial score (nSPS) is 16.6.